The monoisotopic (exact) mass is 199 g/mol. The van der Waals surface area contributed by atoms with Crippen molar-refractivity contribution in [3.05, 3.63) is 21.7 Å². The Morgan fingerprint density at radius 1 is 1.50 bits per heavy atom. The molecular weight excluding hydrogens is 186 g/mol. The molecule has 12 heavy (non-hydrogen) atoms. The van der Waals surface area contributed by atoms with Crippen molar-refractivity contribution in [2.75, 3.05) is 5.75 Å². The number of thiazole rings is 1. The minimum Gasteiger partial charge on any atom is -0.246 e. The highest BCUT2D eigenvalue weighted by molar-refractivity contribution is 7.80. The summed E-state index contributed by atoms with van der Waals surface area (Å²) < 4.78 is 0. The summed E-state index contributed by atoms with van der Waals surface area (Å²) in [5.41, 5.74) is 1.13. The standard InChI is InChI=1S/C9H13NS2/c1-7-9(5-3-4-6-11)12-8(2)10-7/h3,5,11H,4,6H2,1-2H3. The van der Waals surface area contributed by atoms with Gasteiger partial charge in [0, 0.05) is 4.88 Å². The normalized spacial score (nSPS) is 11.2. The van der Waals surface area contributed by atoms with Crippen molar-refractivity contribution in [1.82, 2.24) is 4.98 Å². The first-order valence-corrected chi connectivity index (χ1v) is 5.40. The number of hydrogen-bond donors (Lipinski definition) is 1. The van der Waals surface area contributed by atoms with Gasteiger partial charge in [-0.25, -0.2) is 4.98 Å². The number of aromatic nitrogens is 1. The van der Waals surface area contributed by atoms with Crippen molar-refractivity contribution in [3.8, 4) is 0 Å². The fourth-order valence-corrected chi connectivity index (χ4v) is 1.97. The second-order valence-electron chi connectivity index (χ2n) is 2.60. The summed E-state index contributed by atoms with van der Waals surface area (Å²) >= 11 is 5.88. The molecule has 0 radical (unpaired) electrons. The van der Waals surface area contributed by atoms with E-state index in [1.165, 1.54) is 4.88 Å². The van der Waals surface area contributed by atoms with Crippen LogP contribution in [0.3, 0.4) is 0 Å². The summed E-state index contributed by atoms with van der Waals surface area (Å²) in [5, 5.41) is 1.14. The van der Waals surface area contributed by atoms with Crippen molar-refractivity contribution >= 4 is 30.0 Å². The molecule has 0 atom stereocenters. The molecule has 0 saturated heterocycles. The molecule has 1 heterocycles. The van der Waals surface area contributed by atoms with Crippen LogP contribution in [0.4, 0.5) is 0 Å². The highest BCUT2D eigenvalue weighted by Gasteiger charge is 1.99. The van der Waals surface area contributed by atoms with Crippen LogP contribution in [0.1, 0.15) is 22.0 Å². The van der Waals surface area contributed by atoms with Crippen LogP contribution >= 0.6 is 24.0 Å². The lowest BCUT2D eigenvalue weighted by atomic mass is 10.3. The maximum atomic E-state index is 4.34. The molecule has 0 aliphatic carbocycles. The third kappa shape index (κ3) is 2.64. The maximum absolute atomic E-state index is 4.34. The second-order valence-corrected chi connectivity index (χ2v) is 4.28. The third-order valence-electron chi connectivity index (χ3n) is 1.50. The predicted octanol–water partition coefficient (Wildman–Crippen LogP) is 3.09. The Hall–Kier alpha value is -0.280. The molecule has 66 valence electrons. The van der Waals surface area contributed by atoms with Crippen LogP contribution in [0.2, 0.25) is 0 Å². The van der Waals surface area contributed by atoms with Gasteiger partial charge in [-0.2, -0.15) is 12.6 Å². The van der Waals surface area contributed by atoms with E-state index in [1.54, 1.807) is 11.3 Å². The van der Waals surface area contributed by atoms with Gasteiger partial charge in [0.2, 0.25) is 0 Å². The van der Waals surface area contributed by atoms with Gasteiger partial charge < -0.3 is 0 Å². The van der Waals surface area contributed by atoms with Crippen LogP contribution in [0.5, 0.6) is 0 Å². The summed E-state index contributed by atoms with van der Waals surface area (Å²) in [4.78, 5) is 5.61. The lowest BCUT2D eigenvalue weighted by Gasteiger charge is -1.86. The van der Waals surface area contributed by atoms with Crippen LogP contribution in [0.25, 0.3) is 6.08 Å². The fraction of sp³-hybridized carbons (Fsp3) is 0.444. The van der Waals surface area contributed by atoms with Gasteiger partial charge in [-0.15, -0.1) is 11.3 Å². The Labute approximate surface area is 82.9 Å². The van der Waals surface area contributed by atoms with Crippen LogP contribution in [-0.2, 0) is 0 Å². The summed E-state index contributed by atoms with van der Waals surface area (Å²) in [7, 11) is 0. The van der Waals surface area contributed by atoms with E-state index in [2.05, 4.69) is 29.8 Å². The van der Waals surface area contributed by atoms with Gasteiger partial charge >= 0.3 is 0 Å². The van der Waals surface area contributed by atoms with E-state index in [0.717, 1.165) is 22.9 Å². The number of thiol groups is 1. The first-order chi connectivity index (χ1) is 5.74. The first-order valence-electron chi connectivity index (χ1n) is 3.95. The van der Waals surface area contributed by atoms with Gasteiger partial charge in [-0.05, 0) is 32.1 Å². The largest absolute Gasteiger partial charge is 0.246 e. The van der Waals surface area contributed by atoms with Crippen molar-refractivity contribution < 1.29 is 0 Å². The summed E-state index contributed by atoms with van der Waals surface area (Å²) in [6.07, 6.45) is 5.31. The Morgan fingerprint density at radius 3 is 2.75 bits per heavy atom. The molecule has 0 amide bonds. The van der Waals surface area contributed by atoms with Crippen molar-refractivity contribution in [2.45, 2.75) is 20.3 Å². The summed E-state index contributed by atoms with van der Waals surface area (Å²) in [6.45, 7) is 4.08. The average Bonchev–Trinajstić information content (AvgIpc) is 2.31. The highest BCUT2D eigenvalue weighted by Crippen LogP contribution is 2.18. The van der Waals surface area contributed by atoms with E-state index in [1.807, 2.05) is 13.8 Å². The highest BCUT2D eigenvalue weighted by atomic mass is 32.1. The van der Waals surface area contributed by atoms with Gasteiger partial charge in [0.25, 0.3) is 0 Å². The number of hydrogen-bond acceptors (Lipinski definition) is 3. The molecule has 0 bridgehead atoms. The van der Waals surface area contributed by atoms with E-state index < -0.39 is 0 Å². The van der Waals surface area contributed by atoms with Gasteiger partial charge in [-0.1, -0.05) is 6.08 Å². The van der Waals surface area contributed by atoms with E-state index in [4.69, 9.17) is 0 Å². The molecule has 0 aromatic carbocycles. The number of allylic oxidation sites excluding steroid dienone is 1. The Morgan fingerprint density at radius 2 is 2.25 bits per heavy atom. The lowest BCUT2D eigenvalue weighted by Crippen LogP contribution is -1.73. The SMILES string of the molecule is Cc1nc(C)c(C=CCCS)s1. The van der Waals surface area contributed by atoms with Crippen LogP contribution in [-0.4, -0.2) is 10.7 Å². The summed E-state index contributed by atoms with van der Waals surface area (Å²) in [6, 6.07) is 0. The molecule has 1 rings (SSSR count). The third-order valence-corrected chi connectivity index (χ3v) is 2.80. The van der Waals surface area contributed by atoms with Gasteiger partial charge in [0.15, 0.2) is 0 Å². The van der Waals surface area contributed by atoms with E-state index in [-0.39, 0.29) is 0 Å². The van der Waals surface area contributed by atoms with E-state index in [9.17, 15) is 0 Å². The molecule has 1 aromatic rings. The van der Waals surface area contributed by atoms with Gasteiger partial charge in [0.05, 0.1) is 10.7 Å². The molecule has 0 aliphatic rings. The minimum absolute atomic E-state index is 0.910. The van der Waals surface area contributed by atoms with Crippen LogP contribution in [0, 0.1) is 13.8 Å². The number of rotatable bonds is 3. The fourth-order valence-electron chi connectivity index (χ4n) is 0.967. The second kappa shape index (κ2) is 4.67. The zero-order valence-corrected chi connectivity index (χ0v) is 9.08. The van der Waals surface area contributed by atoms with Crippen LogP contribution in [0.15, 0.2) is 6.08 Å². The zero-order valence-electron chi connectivity index (χ0n) is 7.37. The van der Waals surface area contributed by atoms with Crippen molar-refractivity contribution in [2.24, 2.45) is 0 Å². The first kappa shape index (κ1) is 9.81. The van der Waals surface area contributed by atoms with Gasteiger partial charge in [0.1, 0.15) is 0 Å². The molecule has 1 aromatic heterocycles. The van der Waals surface area contributed by atoms with Crippen molar-refractivity contribution in [3.63, 3.8) is 0 Å². The van der Waals surface area contributed by atoms with Crippen LogP contribution < -0.4 is 0 Å². The zero-order chi connectivity index (χ0) is 8.97. The molecular formula is C9H13NS2. The average molecular weight is 199 g/mol. The van der Waals surface area contributed by atoms with Crippen molar-refractivity contribution in [1.29, 1.82) is 0 Å². The molecule has 1 nitrogen and oxygen atoms in total. The molecule has 0 aliphatic heterocycles. The predicted molar refractivity (Wildman–Crippen MR) is 59.1 cm³/mol. The quantitative estimate of drug-likeness (QED) is 0.738. The minimum atomic E-state index is 0.910. The number of nitrogens with zero attached hydrogens (tertiary/aromatic N) is 1. The smallest absolute Gasteiger partial charge is 0.0903 e. The Bertz CT molecular complexity index is 276. The molecule has 0 unspecified atom stereocenters. The van der Waals surface area contributed by atoms with E-state index >= 15 is 0 Å². The molecule has 0 saturated carbocycles. The summed E-state index contributed by atoms with van der Waals surface area (Å²) in [5.74, 6) is 0.910. The number of aryl methyl sites for hydroxylation is 2. The lowest BCUT2D eigenvalue weighted by molar-refractivity contribution is 1.19. The topological polar surface area (TPSA) is 12.9 Å². The molecule has 0 fully saturated rings. The molecule has 0 N–H and O–H groups in total. The van der Waals surface area contributed by atoms with Gasteiger partial charge in [-0.3, -0.25) is 0 Å². The molecule has 3 heteroatoms. The van der Waals surface area contributed by atoms with E-state index in [0.29, 0.717) is 0 Å². The Balaban J connectivity index is 2.68. The maximum Gasteiger partial charge on any atom is 0.0903 e. The Kier molecular flexibility index (Phi) is 3.82. The molecule has 0 spiro atoms.